The zero-order valence-electron chi connectivity index (χ0n) is 10.2. The number of anilines is 1. The maximum Gasteiger partial charge on any atom is 0.106 e. The SMILES string of the molecule is CCC(CC)Nc1ccc(C)cc1C(N)=S. The molecule has 2 nitrogen and oxygen atoms in total. The third-order valence-electron chi connectivity index (χ3n) is 2.79. The lowest BCUT2D eigenvalue weighted by Gasteiger charge is -2.19. The number of hydrogen-bond acceptors (Lipinski definition) is 2. The van der Waals surface area contributed by atoms with E-state index in [9.17, 15) is 0 Å². The van der Waals surface area contributed by atoms with Crippen LogP contribution in [0.15, 0.2) is 18.2 Å². The van der Waals surface area contributed by atoms with E-state index in [4.69, 9.17) is 18.0 Å². The van der Waals surface area contributed by atoms with Gasteiger partial charge in [-0.15, -0.1) is 0 Å². The summed E-state index contributed by atoms with van der Waals surface area (Å²) in [4.78, 5) is 0.456. The van der Waals surface area contributed by atoms with Crippen molar-refractivity contribution in [2.24, 2.45) is 5.73 Å². The van der Waals surface area contributed by atoms with Gasteiger partial charge in [-0.1, -0.05) is 37.7 Å². The molecule has 16 heavy (non-hydrogen) atoms. The Bertz CT molecular complexity index is 370. The Labute approximate surface area is 103 Å². The summed E-state index contributed by atoms with van der Waals surface area (Å²) in [6.45, 7) is 6.40. The summed E-state index contributed by atoms with van der Waals surface area (Å²) < 4.78 is 0. The van der Waals surface area contributed by atoms with Gasteiger partial charge in [-0.3, -0.25) is 0 Å². The molecule has 0 bridgehead atoms. The third-order valence-corrected chi connectivity index (χ3v) is 3.01. The minimum atomic E-state index is 0.456. The highest BCUT2D eigenvalue weighted by atomic mass is 32.1. The largest absolute Gasteiger partial charge is 0.389 e. The molecule has 0 heterocycles. The molecule has 3 N–H and O–H groups in total. The van der Waals surface area contributed by atoms with Crippen molar-refractivity contribution in [1.29, 1.82) is 0 Å². The first-order chi connectivity index (χ1) is 7.58. The highest BCUT2D eigenvalue weighted by Crippen LogP contribution is 2.19. The fraction of sp³-hybridized carbons (Fsp3) is 0.462. The monoisotopic (exact) mass is 236 g/mol. The molecule has 1 aromatic carbocycles. The maximum absolute atomic E-state index is 5.73. The van der Waals surface area contributed by atoms with Gasteiger partial charge in [-0.25, -0.2) is 0 Å². The van der Waals surface area contributed by atoms with Crippen molar-refractivity contribution in [1.82, 2.24) is 0 Å². The first-order valence-corrected chi connectivity index (χ1v) is 6.16. The Morgan fingerprint density at radius 1 is 1.38 bits per heavy atom. The van der Waals surface area contributed by atoms with Crippen LogP contribution in [0.5, 0.6) is 0 Å². The first kappa shape index (κ1) is 13.0. The average Bonchev–Trinajstić information content (AvgIpc) is 2.27. The van der Waals surface area contributed by atoms with Gasteiger partial charge in [-0.2, -0.15) is 0 Å². The molecule has 0 saturated heterocycles. The van der Waals surface area contributed by atoms with E-state index in [0.29, 0.717) is 11.0 Å². The molecule has 0 saturated carbocycles. The van der Waals surface area contributed by atoms with Crippen molar-refractivity contribution in [3.63, 3.8) is 0 Å². The molecule has 0 aliphatic carbocycles. The zero-order chi connectivity index (χ0) is 12.1. The molecule has 0 amide bonds. The van der Waals surface area contributed by atoms with Crippen LogP contribution in [-0.2, 0) is 0 Å². The lowest BCUT2D eigenvalue weighted by atomic mass is 10.1. The number of thiocarbonyl (C=S) groups is 1. The molecule has 0 radical (unpaired) electrons. The summed E-state index contributed by atoms with van der Waals surface area (Å²) in [5.41, 5.74) is 8.91. The summed E-state index contributed by atoms with van der Waals surface area (Å²) in [5, 5.41) is 3.49. The molecule has 1 rings (SSSR count). The van der Waals surface area contributed by atoms with Gasteiger partial charge in [0.15, 0.2) is 0 Å². The Kier molecular flexibility index (Phi) is 4.74. The van der Waals surface area contributed by atoms with Gasteiger partial charge in [0.1, 0.15) is 4.99 Å². The van der Waals surface area contributed by atoms with Gasteiger partial charge in [0.05, 0.1) is 0 Å². The second kappa shape index (κ2) is 5.85. The van der Waals surface area contributed by atoms with Crippen LogP contribution < -0.4 is 11.1 Å². The van der Waals surface area contributed by atoms with Crippen LogP contribution in [0.4, 0.5) is 5.69 Å². The molecule has 88 valence electrons. The summed E-state index contributed by atoms with van der Waals surface area (Å²) in [6.07, 6.45) is 2.20. The average molecular weight is 236 g/mol. The van der Waals surface area contributed by atoms with Gasteiger partial charge < -0.3 is 11.1 Å². The number of hydrogen-bond donors (Lipinski definition) is 2. The lowest BCUT2D eigenvalue weighted by molar-refractivity contribution is 0.671. The molecule has 0 aromatic heterocycles. The van der Waals surface area contributed by atoms with E-state index < -0.39 is 0 Å². The molecule has 0 aliphatic heterocycles. The van der Waals surface area contributed by atoms with E-state index in [1.165, 1.54) is 5.56 Å². The van der Waals surface area contributed by atoms with E-state index in [2.05, 4.69) is 31.3 Å². The minimum Gasteiger partial charge on any atom is -0.389 e. The van der Waals surface area contributed by atoms with Crippen molar-refractivity contribution in [2.75, 3.05) is 5.32 Å². The Hall–Kier alpha value is -1.09. The molecule has 0 atom stereocenters. The smallest absolute Gasteiger partial charge is 0.106 e. The van der Waals surface area contributed by atoms with E-state index in [-0.39, 0.29) is 0 Å². The molecule has 0 spiro atoms. The van der Waals surface area contributed by atoms with Crippen LogP contribution in [0.3, 0.4) is 0 Å². The molecular formula is C13H20N2S. The highest BCUT2D eigenvalue weighted by molar-refractivity contribution is 7.80. The van der Waals surface area contributed by atoms with Gasteiger partial charge in [0, 0.05) is 17.3 Å². The van der Waals surface area contributed by atoms with Crippen molar-refractivity contribution >= 4 is 22.9 Å². The standard InChI is InChI=1S/C13H20N2S/c1-4-10(5-2)15-12-7-6-9(3)8-11(12)13(14)16/h6-8,10,15H,4-5H2,1-3H3,(H2,14,16). The van der Waals surface area contributed by atoms with Gasteiger partial charge >= 0.3 is 0 Å². The summed E-state index contributed by atoms with van der Waals surface area (Å²) in [5.74, 6) is 0. The molecule has 3 heteroatoms. The summed E-state index contributed by atoms with van der Waals surface area (Å²) in [7, 11) is 0. The quantitative estimate of drug-likeness (QED) is 0.771. The topological polar surface area (TPSA) is 38.0 Å². The molecule has 0 aliphatic rings. The molecule has 0 fully saturated rings. The van der Waals surface area contributed by atoms with E-state index in [1.54, 1.807) is 0 Å². The fourth-order valence-electron chi connectivity index (χ4n) is 1.70. The van der Waals surface area contributed by atoms with Gasteiger partial charge in [0.25, 0.3) is 0 Å². The second-order valence-corrected chi connectivity index (χ2v) is 4.51. The Morgan fingerprint density at radius 3 is 2.50 bits per heavy atom. The number of rotatable bonds is 5. The van der Waals surface area contributed by atoms with Crippen LogP contribution in [0, 0.1) is 6.92 Å². The van der Waals surface area contributed by atoms with E-state index in [1.807, 2.05) is 13.0 Å². The Balaban J connectivity index is 2.98. The number of nitrogens with one attached hydrogen (secondary N) is 1. The second-order valence-electron chi connectivity index (χ2n) is 4.07. The van der Waals surface area contributed by atoms with Crippen LogP contribution in [-0.4, -0.2) is 11.0 Å². The van der Waals surface area contributed by atoms with Crippen molar-refractivity contribution in [2.45, 2.75) is 39.7 Å². The van der Waals surface area contributed by atoms with Crippen LogP contribution in [0.1, 0.15) is 37.8 Å². The predicted octanol–water partition coefficient (Wildman–Crippen LogP) is 3.23. The van der Waals surface area contributed by atoms with Crippen LogP contribution in [0.25, 0.3) is 0 Å². The fourth-order valence-corrected chi connectivity index (χ4v) is 1.87. The van der Waals surface area contributed by atoms with E-state index in [0.717, 1.165) is 24.1 Å². The van der Waals surface area contributed by atoms with E-state index >= 15 is 0 Å². The normalized spacial score (nSPS) is 10.5. The molecule has 0 unspecified atom stereocenters. The van der Waals surface area contributed by atoms with Gasteiger partial charge in [-0.05, 0) is 31.9 Å². The summed E-state index contributed by atoms with van der Waals surface area (Å²) in [6, 6.07) is 6.65. The lowest BCUT2D eigenvalue weighted by Crippen LogP contribution is -2.20. The summed E-state index contributed by atoms with van der Waals surface area (Å²) >= 11 is 5.07. The number of aryl methyl sites for hydroxylation is 1. The van der Waals surface area contributed by atoms with Crippen molar-refractivity contribution in [3.8, 4) is 0 Å². The van der Waals surface area contributed by atoms with Crippen LogP contribution >= 0.6 is 12.2 Å². The molecular weight excluding hydrogens is 216 g/mol. The third kappa shape index (κ3) is 3.20. The Morgan fingerprint density at radius 2 is 2.00 bits per heavy atom. The van der Waals surface area contributed by atoms with Crippen LogP contribution in [0.2, 0.25) is 0 Å². The number of nitrogens with two attached hydrogens (primary N) is 1. The minimum absolute atomic E-state index is 0.456. The van der Waals surface area contributed by atoms with Crippen molar-refractivity contribution in [3.05, 3.63) is 29.3 Å². The number of benzene rings is 1. The highest BCUT2D eigenvalue weighted by Gasteiger charge is 2.09. The zero-order valence-corrected chi connectivity index (χ0v) is 11.0. The van der Waals surface area contributed by atoms with Crippen molar-refractivity contribution < 1.29 is 0 Å². The maximum atomic E-state index is 5.73. The first-order valence-electron chi connectivity index (χ1n) is 5.75. The van der Waals surface area contributed by atoms with Gasteiger partial charge in [0.2, 0.25) is 0 Å². The predicted molar refractivity (Wildman–Crippen MR) is 75.1 cm³/mol. The molecule has 1 aromatic rings.